The normalized spacial score (nSPS) is 21.0. The first-order valence-electron chi connectivity index (χ1n) is 7.28. The van der Waals surface area contributed by atoms with Gasteiger partial charge in [-0.3, -0.25) is 0 Å². The first-order valence-corrected chi connectivity index (χ1v) is 8.16. The van der Waals surface area contributed by atoms with Crippen LogP contribution in [0.5, 0.6) is 0 Å². The molecule has 2 aromatic rings. The van der Waals surface area contributed by atoms with E-state index in [-0.39, 0.29) is 0 Å². The Balaban J connectivity index is 1.61. The summed E-state index contributed by atoms with van der Waals surface area (Å²) >= 11 is 1.80. The lowest BCUT2D eigenvalue weighted by Gasteiger charge is -2.32. The van der Waals surface area contributed by atoms with Gasteiger partial charge in [0.05, 0.1) is 5.69 Å². The lowest BCUT2D eigenvalue weighted by molar-refractivity contribution is 0.345. The molecule has 2 aromatic heterocycles. The third-order valence-electron chi connectivity index (χ3n) is 3.98. The van der Waals surface area contributed by atoms with Crippen molar-refractivity contribution in [3.63, 3.8) is 0 Å². The molecule has 0 radical (unpaired) electrons. The molecule has 0 spiro atoms. The van der Waals surface area contributed by atoms with Gasteiger partial charge < -0.3 is 16.8 Å². The number of hydrogen-bond acceptors (Lipinski definition) is 6. The first kappa shape index (κ1) is 14.3. The van der Waals surface area contributed by atoms with Gasteiger partial charge in [-0.25, -0.2) is 4.98 Å². The Hall–Kier alpha value is -1.66. The topological polar surface area (TPSA) is 89.8 Å². The van der Waals surface area contributed by atoms with E-state index in [1.807, 2.05) is 6.07 Å². The summed E-state index contributed by atoms with van der Waals surface area (Å²) in [5, 5.41) is 5.48. The highest BCUT2D eigenvalue weighted by Crippen LogP contribution is 2.35. The Morgan fingerprint density at radius 2 is 2.19 bits per heavy atom. The summed E-state index contributed by atoms with van der Waals surface area (Å²) in [5.41, 5.74) is 14.0. The molecule has 5 nitrogen and oxygen atoms in total. The first-order chi connectivity index (χ1) is 10.1. The number of anilines is 2. The summed E-state index contributed by atoms with van der Waals surface area (Å²) in [5.74, 6) is 1.58. The number of thiophene rings is 1. The molecule has 0 aromatic carbocycles. The van der Waals surface area contributed by atoms with E-state index >= 15 is 0 Å². The van der Waals surface area contributed by atoms with Gasteiger partial charge in [-0.2, -0.15) is 4.98 Å². The fraction of sp³-hybridized carbons (Fsp3) is 0.467. The highest BCUT2D eigenvalue weighted by Gasteiger charge is 2.29. The fourth-order valence-corrected chi connectivity index (χ4v) is 3.56. The molecule has 0 aliphatic heterocycles. The van der Waals surface area contributed by atoms with Crippen LogP contribution in [0.25, 0.3) is 0 Å². The molecule has 0 amide bonds. The van der Waals surface area contributed by atoms with Crippen molar-refractivity contribution in [3.05, 3.63) is 33.6 Å². The minimum atomic E-state index is 0.310. The summed E-state index contributed by atoms with van der Waals surface area (Å²) in [4.78, 5) is 10.0. The third kappa shape index (κ3) is 3.33. The largest absolute Gasteiger partial charge is 0.370 e. The molecule has 0 saturated heterocycles. The molecule has 112 valence electrons. The molecule has 1 aliphatic carbocycles. The van der Waals surface area contributed by atoms with Crippen LogP contribution in [0.4, 0.5) is 11.8 Å². The predicted molar refractivity (Wildman–Crippen MR) is 87.6 cm³/mol. The summed E-state index contributed by atoms with van der Waals surface area (Å²) in [7, 11) is 0. The standard InChI is InChI=1S/C15H21N5S/c1-9-3-5-21-13(9)2-4-18-14-8-12(19-15(17)20-14)10-6-11(16)7-10/h3,5,8,10-11H,2,4,6-7,16H2,1H3,(H3,17,18,19,20). The Morgan fingerprint density at radius 1 is 1.38 bits per heavy atom. The van der Waals surface area contributed by atoms with E-state index in [0.717, 1.165) is 37.3 Å². The van der Waals surface area contributed by atoms with E-state index in [9.17, 15) is 0 Å². The molecule has 0 atom stereocenters. The molecule has 6 heteroatoms. The van der Waals surface area contributed by atoms with Gasteiger partial charge in [0.2, 0.25) is 5.95 Å². The zero-order chi connectivity index (χ0) is 14.8. The van der Waals surface area contributed by atoms with Gasteiger partial charge >= 0.3 is 0 Å². The molecular formula is C15H21N5S. The van der Waals surface area contributed by atoms with Crippen molar-refractivity contribution < 1.29 is 0 Å². The number of nitrogen functional groups attached to an aromatic ring is 1. The van der Waals surface area contributed by atoms with Crippen molar-refractivity contribution in [2.75, 3.05) is 17.6 Å². The molecule has 0 bridgehead atoms. The predicted octanol–water partition coefficient (Wildman–Crippen LogP) is 2.29. The fourth-order valence-electron chi connectivity index (χ4n) is 2.65. The number of rotatable bonds is 5. The number of nitrogens with two attached hydrogens (primary N) is 2. The minimum Gasteiger partial charge on any atom is -0.370 e. The quantitative estimate of drug-likeness (QED) is 0.788. The molecule has 1 aliphatic rings. The van der Waals surface area contributed by atoms with Crippen LogP contribution in [0.2, 0.25) is 0 Å². The molecule has 3 rings (SSSR count). The number of aromatic nitrogens is 2. The molecule has 21 heavy (non-hydrogen) atoms. The van der Waals surface area contributed by atoms with E-state index in [1.54, 1.807) is 11.3 Å². The van der Waals surface area contributed by atoms with Crippen molar-refractivity contribution in [3.8, 4) is 0 Å². The number of nitrogens with zero attached hydrogens (tertiary/aromatic N) is 2. The van der Waals surface area contributed by atoms with Crippen LogP contribution < -0.4 is 16.8 Å². The van der Waals surface area contributed by atoms with E-state index in [0.29, 0.717) is 17.9 Å². The second kappa shape index (κ2) is 5.99. The van der Waals surface area contributed by atoms with E-state index in [2.05, 4.69) is 33.7 Å². The third-order valence-corrected chi connectivity index (χ3v) is 5.07. The monoisotopic (exact) mass is 303 g/mol. The summed E-state index contributed by atoms with van der Waals surface area (Å²) in [6.07, 6.45) is 2.98. The maximum atomic E-state index is 5.84. The lowest BCUT2D eigenvalue weighted by Crippen LogP contribution is -2.35. The second-order valence-electron chi connectivity index (χ2n) is 5.67. The van der Waals surface area contributed by atoms with Gasteiger partial charge in [0.15, 0.2) is 0 Å². The number of aryl methyl sites for hydroxylation is 1. The van der Waals surface area contributed by atoms with E-state index in [4.69, 9.17) is 11.5 Å². The zero-order valence-corrected chi connectivity index (χ0v) is 13.0. The van der Waals surface area contributed by atoms with E-state index < -0.39 is 0 Å². The molecule has 0 unspecified atom stereocenters. The van der Waals surface area contributed by atoms with Crippen molar-refractivity contribution in [2.24, 2.45) is 5.73 Å². The highest BCUT2D eigenvalue weighted by atomic mass is 32.1. The summed E-state index contributed by atoms with van der Waals surface area (Å²) < 4.78 is 0. The van der Waals surface area contributed by atoms with Crippen molar-refractivity contribution in [2.45, 2.75) is 38.1 Å². The van der Waals surface area contributed by atoms with Gasteiger partial charge in [-0.05, 0) is 43.2 Å². The molecule has 1 saturated carbocycles. The average molecular weight is 303 g/mol. The number of nitrogens with one attached hydrogen (secondary N) is 1. The molecule has 5 N–H and O–H groups in total. The van der Waals surface area contributed by atoms with Gasteiger partial charge in [0, 0.05) is 29.4 Å². The summed E-state index contributed by atoms with van der Waals surface area (Å²) in [6, 6.07) is 4.47. The van der Waals surface area contributed by atoms with Crippen LogP contribution in [0.15, 0.2) is 17.5 Å². The van der Waals surface area contributed by atoms with Crippen molar-refractivity contribution in [1.29, 1.82) is 0 Å². The van der Waals surface area contributed by atoms with Crippen molar-refractivity contribution >= 4 is 23.1 Å². The van der Waals surface area contributed by atoms with Crippen LogP contribution in [-0.4, -0.2) is 22.6 Å². The van der Waals surface area contributed by atoms with Crippen LogP contribution in [-0.2, 0) is 6.42 Å². The Kier molecular flexibility index (Phi) is 4.07. The average Bonchev–Trinajstić information content (AvgIpc) is 2.80. The molecule has 2 heterocycles. The van der Waals surface area contributed by atoms with Crippen LogP contribution in [0.1, 0.15) is 34.9 Å². The second-order valence-corrected chi connectivity index (χ2v) is 6.67. The Labute approximate surface area is 128 Å². The maximum Gasteiger partial charge on any atom is 0.222 e. The van der Waals surface area contributed by atoms with Crippen LogP contribution in [0.3, 0.4) is 0 Å². The lowest BCUT2D eigenvalue weighted by atomic mass is 9.78. The molecule has 1 fully saturated rings. The Morgan fingerprint density at radius 3 is 2.86 bits per heavy atom. The number of hydrogen-bond donors (Lipinski definition) is 3. The van der Waals surface area contributed by atoms with Gasteiger partial charge in [0.25, 0.3) is 0 Å². The Bertz CT molecular complexity index is 618. The minimum absolute atomic E-state index is 0.310. The molecular weight excluding hydrogens is 282 g/mol. The highest BCUT2D eigenvalue weighted by molar-refractivity contribution is 7.10. The van der Waals surface area contributed by atoms with Crippen molar-refractivity contribution in [1.82, 2.24) is 9.97 Å². The van der Waals surface area contributed by atoms with E-state index in [1.165, 1.54) is 10.4 Å². The van der Waals surface area contributed by atoms with Gasteiger partial charge in [0.1, 0.15) is 5.82 Å². The van der Waals surface area contributed by atoms with Gasteiger partial charge in [-0.1, -0.05) is 0 Å². The summed E-state index contributed by atoms with van der Waals surface area (Å²) in [6.45, 7) is 2.99. The SMILES string of the molecule is Cc1ccsc1CCNc1cc(C2CC(N)C2)nc(N)n1. The van der Waals surface area contributed by atoms with Crippen LogP contribution in [0, 0.1) is 6.92 Å². The zero-order valence-electron chi connectivity index (χ0n) is 12.2. The van der Waals surface area contributed by atoms with Gasteiger partial charge in [-0.15, -0.1) is 11.3 Å². The maximum absolute atomic E-state index is 5.84. The van der Waals surface area contributed by atoms with Crippen LogP contribution >= 0.6 is 11.3 Å². The smallest absolute Gasteiger partial charge is 0.222 e.